The fourth-order valence-corrected chi connectivity index (χ4v) is 5.84. The Balaban J connectivity index is 2.32. The molecule has 0 radical (unpaired) electrons. The van der Waals surface area contributed by atoms with Crippen molar-refractivity contribution in [2.45, 2.75) is 35.8 Å². The van der Waals surface area contributed by atoms with Gasteiger partial charge in [-0.25, -0.2) is 9.78 Å². The summed E-state index contributed by atoms with van der Waals surface area (Å²) < 4.78 is 38.4. The van der Waals surface area contributed by atoms with Gasteiger partial charge in [0.05, 0.1) is 5.25 Å². The Kier molecular flexibility index (Phi) is 4.60. The van der Waals surface area contributed by atoms with Gasteiger partial charge in [-0.15, -0.1) is 23.1 Å². The van der Waals surface area contributed by atoms with E-state index in [1.165, 1.54) is 0 Å². The molecule has 112 valence electrons. The number of nitrogens with zero attached hydrogens (tertiary/aromatic N) is 1. The first-order valence-corrected chi connectivity index (χ1v) is 8.59. The maximum Gasteiger partial charge on any atom is 0.435 e. The van der Waals surface area contributed by atoms with Crippen molar-refractivity contribution in [2.24, 2.45) is 0 Å². The van der Waals surface area contributed by atoms with Crippen molar-refractivity contribution >= 4 is 40.8 Å². The number of hydrogen-bond donors (Lipinski definition) is 1. The predicted molar refractivity (Wildman–Crippen MR) is 75.8 cm³/mol. The molecule has 0 aliphatic carbocycles. The minimum absolute atomic E-state index is 0.176. The topological polar surface area (TPSA) is 50.2 Å². The fourth-order valence-electron chi connectivity index (χ4n) is 1.72. The zero-order chi connectivity index (χ0) is 15.1. The van der Waals surface area contributed by atoms with Gasteiger partial charge < -0.3 is 5.11 Å². The van der Waals surface area contributed by atoms with Crippen LogP contribution < -0.4 is 0 Å². The lowest BCUT2D eigenvalue weighted by molar-refractivity contribution is -0.141. The quantitative estimate of drug-likeness (QED) is 0.874. The molecular weight excluding hydrogens is 331 g/mol. The van der Waals surface area contributed by atoms with Crippen molar-refractivity contribution in [2.75, 3.05) is 5.75 Å². The van der Waals surface area contributed by atoms with Crippen LogP contribution >= 0.6 is 34.9 Å². The van der Waals surface area contributed by atoms with Gasteiger partial charge in [0.25, 0.3) is 0 Å². The summed E-state index contributed by atoms with van der Waals surface area (Å²) in [4.78, 5) is 13.8. The summed E-state index contributed by atoms with van der Waals surface area (Å²) in [6.45, 7) is 4.09. The smallest absolute Gasteiger partial charge is 0.435 e. The number of alkyl halides is 3. The molecule has 1 aliphatic heterocycles. The van der Waals surface area contributed by atoms with E-state index in [4.69, 9.17) is 5.11 Å². The van der Waals surface area contributed by atoms with E-state index in [0.717, 1.165) is 0 Å². The zero-order valence-electron chi connectivity index (χ0n) is 10.6. The van der Waals surface area contributed by atoms with Gasteiger partial charge in [0.1, 0.15) is 9.88 Å². The molecule has 2 rings (SSSR count). The molecule has 20 heavy (non-hydrogen) atoms. The van der Waals surface area contributed by atoms with E-state index in [9.17, 15) is 18.0 Å². The average Bonchev–Trinajstić information content (AvgIpc) is 2.77. The molecule has 9 heteroatoms. The number of carboxylic acids is 1. The Labute approximate surface area is 126 Å². The van der Waals surface area contributed by atoms with E-state index in [1.807, 2.05) is 6.92 Å². The Morgan fingerprint density at radius 2 is 2.00 bits per heavy atom. The summed E-state index contributed by atoms with van der Waals surface area (Å²) in [5.41, 5.74) is -1.28. The van der Waals surface area contributed by atoms with E-state index in [1.54, 1.807) is 23.5 Å². The Hall–Kier alpha value is -0.410. The molecule has 1 fully saturated rings. The summed E-state index contributed by atoms with van der Waals surface area (Å²) in [5.74, 6) is -0.920. The summed E-state index contributed by atoms with van der Waals surface area (Å²) >= 11 is 3.88. The number of halogens is 3. The van der Waals surface area contributed by atoms with Crippen molar-refractivity contribution in [1.82, 2.24) is 4.98 Å². The molecule has 1 N–H and O–H groups in total. The van der Waals surface area contributed by atoms with Crippen molar-refractivity contribution < 1.29 is 23.1 Å². The van der Waals surface area contributed by atoms with Crippen LogP contribution in [0.4, 0.5) is 13.2 Å². The highest BCUT2D eigenvalue weighted by Gasteiger charge is 2.41. The third-order valence-electron chi connectivity index (χ3n) is 2.93. The largest absolute Gasteiger partial charge is 0.477 e. The zero-order valence-corrected chi connectivity index (χ0v) is 13.0. The van der Waals surface area contributed by atoms with Crippen LogP contribution in [-0.2, 0) is 6.18 Å². The molecule has 3 atom stereocenters. The second-order valence-electron chi connectivity index (χ2n) is 4.40. The first kappa shape index (κ1) is 16.0. The Morgan fingerprint density at radius 3 is 2.45 bits per heavy atom. The number of rotatable bonds is 2. The Morgan fingerprint density at radius 1 is 1.35 bits per heavy atom. The van der Waals surface area contributed by atoms with Gasteiger partial charge in [0.15, 0.2) is 5.69 Å². The van der Waals surface area contributed by atoms with Crippen molar-refractivity contribution in [1.29, 1.82) is 0 Å². The lowest BCUT2D eigenvalue weighted by atomic mass is 10.3. The van der Waals surface area contributed by atoms with Gasteiger partial charge in [-0.05, 0) is 0 Å². The molecule has 0 aromatic carbocycles. The minimum atomic E-state index is -4.73. The predicted octanol–water partition coefficient (Wildman–Crippen LogP) is 4.16. The maximum atomic E-state index is 12.8. The number of hydrogen-bond acceptors (Lipinski definition) is 5. The third kappa shape index (κ3) is 3.25. The minimum Gasteiger partial charge on any atom is -0.477 e. The van der Waals surface area contributed by atoms with Gasteiger partial charge in [-0.1, -0.05) is 13.8 Å². The number of carboxylic acid groups (broad SMARTS) is 1. The highest BCUT2D eigenvalue weighted by atomic mass is 32.2. The molecule has 0 spiro atoms. The molecular formula is C11H12F3NO2S3. The second kappa shape index (κ2) is 5.76. The first-order chi connectivity index (χ1) is 9.20. The monoisotopic (exact) mass is 343 g/mol. The van der Waals surface area contributed by atoms with Gasteiger partial charge in [-0.2, -0.15) is 24.9 Å². The van der Waals surface area contributed by atoms with Crippen LogP contribution in [-0.4, -0.2) is 32.3 Å². The van der Waals surface area contributed by atoms with E-state index in [2.05, 4.69) is 11.9 Å². The lowest BCUT2D eigenvalue weighted by Crippen LogP contribution is -2.22. The maximum absolute atomic E-state index is 12.8. The molecule has 1 aliphatic rings. The standard InChI is InChI=1S/C11H12F3NO2S3/c1-4-5(2)19-6(3-18-4)9-15-8(11(12,13)14)7(20-9)10(16)17/h4-6H,3H2,1-2H3,(H,16,17). The molecule has 2 heterocycles. The van der Waals surface area contributed by atoms with E-state index < -0.39 is 22.7 Å². The van der Waals surface area contributed by atoms with E-state index in [0.29, 0.717) is 27.6 Å². The third-order valence-corrected chi connectivity index (χ3v) is 7.64. The Bertz CT molecular complexity index is 518. The first-order valence-electron chi connectivity index (χ1n) is 5.78. The lowest BCUT2D eigenvalue weighted by Gasteiger charge is -2.30. The summed E-state index contributed by atoms with van der Waals surface area (Å²) in [7, 11) is 0. The number of carbonyl (C=O) groups is 1. The average molecular weight is 343 g/mol. The second-order valence-corrected chi connectivity index (χ2v) is 8.43. The van der Waals surface area contributed by atoms with Crippen molar-refractivity contribution in [3.05, 3.63) is 15.6 Å². The number of aromatic carboxylic acids is 1. The van der Waals surface area contributed by atoms with Crippen LogP contribution in [0.2, 0.25) is 0 Å². The van der Waals surface area contributed by atoms with E-state index >= 15 is 0 Å². The highest BCUT2D eigenvalue weighted by molar-refractivity contribution is 8.07. The van der Waals surface area contributed by atoms with Crippen LogP contribution in [0.3, 0.4) is 0 Å². The molecule has 0 saturated carbocycles. The number of thiazole rings is 1. The van der Waals surface area contributed by atoms with E-state index in [-0.39, 0.29) is 10.3 Å². The van der Waals surface area contributed by atoms with Crippen LogP contribution in [0.1, 0.15) is 39.5 Å². The van der Waals surface area contributed by atoms with Gasteiger partial charge in [-0.3, -0.25) is 0 Å². The molecule has 3 nitrogen and oxygen atoms in total. The summed E-state index contributed by atoms with van der Waals surface area (Å²) in [5, 5.41) is 9.70. The van der Waals surface area contributed by atoms with Crippen LogP contribution in [0, 0.1) is 0 Å². The van der Waals surface area contributed by atoms with Crippen molar-refractivity contribution in [3.8, 4) is 0 Å². The highest BCUT2D eigenvalue weighted by Crippen LogP contribution is 2.47. The molecule has 1 saturated heterocycles. The molecule has 1 aromatic rings. The number of aromatic nitrogens is 1. The summed E-state index contributed by atoms with van der Waals surface area (Å²) in [6.07, 6.45) is -4.73. The van der Waals surface area contributed by atoms with Gasteiger partial charge in [0.2, 0.25) is 0 Å². The van der Waals surface area contributed by atoms with Gasteiger partial charge >= 0.3 is 12.1 Å². The molecule has 0 bridgehead atoms. The van der Waals surface area contributed by atoms with Crippen LogP contribution in [0.5, 0.6) is 0 Å². The van der Waals surface area contributed by atoms with Crippen LogP contribution in [0.25, 0.3) is 0 Å². The molecule has 0 amide bonds. The van der Waals surface area contributed by atoms with Crippen molar-refractivity contribution in [3.63, 3.8) is 0 Å². The SMILES string of the molecule is CC1SCC(c2nc(C(F)(F)F)c(C(=O)O)s2)SC1C. The van der Waals surface area contributed by atoms with Crippen LogP contribution in [0.15, 0.2) is 0 Å². The normalized spacial score (nSPS) is 27.6. The van der Waals surface area contributed by atoms with Gasteiger partial charge in [0, 0.05) is 16.3 Å². The fraction of sp³-hybridized carbons (Fsp3) is 0.636. The summed E-state index contributed by atoms with van der Waals surface area (Å²) in [6, 6.07) is 0. The number of thioether (sulfide) groups is 2. The molecule has 3 unspecified atom stereocenters. The molecule has 1 aromatic heterocycles.